The van der Waals surface area contributed by atoms with Gasteiger partial charge in [0.05, 0.1) is 12.4 Å². The number of thioether (sulfide) groups is 1. The van der Waals surface area contributed by atoms with Crippen molar-refractivity contribution in [3.8, 4) is 5.75 Å². The molecule has 1 atom stereocenters. The largest absolute Gasteiger partial charge is 0.494 e. The zero-order valence-corrected chi connectivity index (χ0v) is 12.5. The van der Waals surface area contributed by atoms with E-state index in [1.807, 2.05) is 48.2 Å². The lowest BCUT2D eigenvalue weighted by Crippen LogP contribution is -2.27. The summed E-state index contributed by atoms with van der Waals surface area (Å²) in [5.74, 6) is 1.45. The van der Waals surface area contributed by atoms with Crippen molar-refractivity contribution in [3.05, 3.63) is 54.4 Å². The number of pyridine rings is 1. The van der Waals surface area contributed by atoms with Crippen LogP contribution >= 0.6 is 11.8 Å². The van der Waals surface area contributed by atoms with Gasteiger partial charge in [-0.3, -0.25) is 14.7 Å². The molecule has 21 heavy (non-hydrogen) atoms. The number of nitrogens with zero attached hydrogens (tertiary/aromatic N) is 2. The fourth-order valence-electron chi connectivity index (χ4n) is 2.35. The Balaban J connectivity index is 1.89. The van der Waals surface area contributed by atoms with E-state index in [0.717, 1.165) is 17.0 Å². The summed E-state index contributed by atoms with van der Waals surface area (Å²) in [6.45, 7) is 2.59. The highest BCUT2D eigenvalue weighted by molar-refractivity contribution is 8.00. The Morgan fingerprint density at radius 2 is 1.95 bits per heavy atom. The van der Waals surface area contributed by atoms with E-state index in [1.54, 1.807) is 24.2 Å². The van der Waals surface area contributed by atoms with E-state index >= 15 is 0 Å². The summed E-state index contributed by atoms with van der Waals surface area (Å²) in [6, 6.07) is 11.6. The van der Waals surface area contributed by atoms with Crippen molar-refractivity contribution in [2.45, 2.75) is 12.3 Å². The first-order valence-corrected chi connectivity index (χ1v) is 7.91. The Morgan fingerprint density at radius 3 is 2.62 bits per heavy atom. The lowest BCUT2D eigenvalue weighted by atomic mass is 10.2. The van der Waals surface area contributed by atoms with Crippen molar-refractivity contribution in [3.63, 3.8) is 0 Å². The van der Waals surface area contributed by atoms with Crippen LogP contribution in [0, 0.1) is 0 Å². The van der Waals surface area contributed by atoms with Gasteiger partial charge in [0, 0.05) is 18.1 Å². The van der Waals surface area contributed by atoms with Gasteiger partial charge in [0.2, 0.25) is 5.91 Å². The number of benzene rings is 1. The molecule has 0 saturated carbocycles. The summed E-state index contributed by atoms with van der Waals surface area (Å²) in [4.78, 5) is 18.1. The Morgan fingerprint density at radius 1 is 1.24 bits per heavy atom. The third-order valence-electron chi connectivity index (χ3n) is 3.29. The van der Waals surface area contributed by atoms with Gasteiger partial charge < -0.3 is 4.74 Å². The first-order valence-electron chi connectivity index (χ1n) is 6.86. The van der Waals surface area contributed by atoms with E-state index in [9.17, 15) is 4.79 Å². The van der Waals surface area contributed by atoms with Crippen LogP contribution in [0.3, 0.4) is 0 Å². The maximum absolute atomic E-state index is 12.2. The van der Waals surface area contributed by atoms with E-state index in [2.05, 4.69) is 4.98 Å². The number of anilines is 1. The molecule has 0 bridgehead atoms. The van der Waals surface area contributed by atoms with Crippen LogP contribution in [0.1, 0.15) is 17.9 Å². The zero-order valence-electron chi connectivity index (χ0n) is 11.7. The molecule has 108 valence electrons. The van der Waals surface area contributed by atoms with E-state index in [1.165, 1.54) is 0 Å². The molecule has 1 aliphatic heterocycles. The Labute approximate surface area is 128 Å². The number of hydrogen-bond acceptors (Lipinski definition) is 4. The van der Waals surface area contributed by atoms with Gasteiger partial charge in [-0.2, -0.15) is 0 Å². The van der Waals surface area contributed by atoms with Gasteiger partial charge in [-0.05, 0) is 48.9 Å². The summed E-state index contributed by atoms with van der Waals surface area (Å²) >= 11 is 1.64. The molecule has 0 radical (unpaired) electrons. The van der Waals surface area contributed by atoms with Crippen LogP contribution in [0.4, 0.5) is 5.69 Å². The fraction of sp³-hybridized carbons (Fsp3) is 0.250. The van der Waals surface area contributed by atoms with Gasteiger partial charge in [0.1, 0.15) is 11.1 Å². The third kappa shape index (κ3) is 2.88. The predicted octanol–water partition coefficient (Wildman–Crippen LogP) is 3.26. The van der Waals surface area contributed by atoms with Crippen LogP contribution < -0.4 is 9.64 Å². The molecule has 1 amide bonds. The molecule has 3 rings (SSSR count). The highest BCUT2D eigenvalue weighted by Crippen LogP contribution is 2.41. The lowest BCUT2D eigenvalue weighted by Gasteiger charge is -2.24. The normalized spacial score (nSPS) is 18.0. The number of amides is 1. The summed E-state index contributed by atoms with van der Waals surface area (Å²) < 4.78 is 5.44. The average molecular weight is 300 g/mol. The number of carbonyl (C=O) groups is 1. The Hall–Kier alpha value is -2.01. The molecular weight excluding hydrogens is 284 g/mol. The predicted molar refractivity (Wildman–Crippen MR) is 84.5 cm³/mol. The van der Waals surface area contributed by atoms with Crippen LogP contribution in [0.15, 0.2) is 48.8 Å². The number of carbonyl (C=O) groups excluding carboxylic acids is 1. The summed E-state index contributed by atoms with van der Waals surface area (Å²) in [5, 5.41) is 0.0124. The standard InChI is InChI=1S/C16H16N2O2S/c1-2-20-14-5-3-13(4-6-14)18-15(19)11-21-16(18)12-7-9-17-10-8-12/h3-10,16H,2,11H2,1H3/t16-/m0/s1. The second kappa shape index (κ2) is 6.18. The molecule has 1 saturated heterocycles. The summed E-state index contributed by atoms with van der Waals surface area (Å²) in [6.07, 6.45) is 3.52. The molecule has 0 N–H and O–H groups in total. The van der Waals surface area contributed by atoms with Crippen LogP contribution in [-0.4, -0.2) is 23.3 Å². The minimum Gasteiger partial charge on any atom is -0.494 e. The molecule has 2 heterocycles. The second-order valence-electron chi connectivity index (χ2n) is 4.63. The van der Waals surface area contributed by atoms with Crippen molar-refractivity contribution < 1.29 is 9.53 Å². The van der Waals surface area contributed by atoms with Gasteiger partial charge in [-0.25, -0.2) is 0 Å². The molecule has 1 fully saturated rings. The smallest absolute Gasteiger partial charge is 0.238 e. The van der Waals surface area contributed by atoms with Crippen LogP contribution in [0.25, 0.3) is 0 Å². The van der Waals surface area contributed by atoms with Gasteiger partial charge in [0.15, 0.2) is 0 Å². The zero-order chi connectivity index (χ0) is 14.7. The van der Waals surface area contributed by atoms with Crippen molar-refractivity contribution in [1.82, 2.24) is 4.98 Å². The maximum Gasteiger partial charge on any atom is 0.238 e. The third-order valence-corrected chi connectivity index (χ3v) is 4.50. The second-order valence-corrected chi connectivity index (χ2v) is 5.70. The van der Waals surface area contributed by atoms with E-state index in [-0.39, 0.29) is 11.3 Å². The minimum absolute atomic E-state index is 0.0124. The highest BCUT2D eigenvalue weighted by atomic mass is 32.2. The van der Waals surface area contributed by atoms with Crippen LogP contribution in [0.2, 0.25) is 0 Å². The molecule has 4 nitrogen and oxygen atoms in total. The molecular formula is C16H16N2O2S. The molecule has 0 spiro atoms. The van der Waals surface area contributed by atoms with E-state index < -0.39 is 0 Å². The number of aromatic nitrogens is 1. The molecule has 0 unspecified atom stereocenters. The Bertz CT molecular complexity index is 616. The summed E-state index contributed by atoms with van der Waals surface area (Å²) in [5.41, 5.74) is 1.99. The minimum atomic E-state index is 0.0124. The Kier molecular flexibility index (Phi) is 4.10. The van der Waals surface area contributed by atoms with E-state index in [4.69, 9.17) is 4.74 Å². The van der Waals surface area contributed by atoms with Gasteiger partial charge in [0.25, 0.3) is 0 Å². The SMILES string of the molecule is CCOc1ccc(N2C(=O)CS[C@H]2c2ccncc2)cc1. The fourth-order valence-corrected chi connectivity index (χ4v) is 3.52. The van der Waals surface area contributed by atoms with Crippen molar-refractivity contribution in [2.24, 2.45) is 0 Å². The molecule has 1 aliphatic rings. The van der Waals surface area contributed by atoms with Gasteiger partial charge >= 0.3 is 0 Å². The number of hydrogen-bond donors (Lipinski definition) is 0. The van der Waals surface area contributed by atoms with Crippen LogP contribution in [-0.2, 0) is 4.79 Å². The van der Waals surface area contributed by atoms with E-state index in [0.29, 0.717) is 12.4 Å². The van der Waals surface area contributed by atoms with Gasteiger partial charge in [-0.15, -0.1) is 11.8 Å². The highest BCUT2D eigenvalue weighted by Gasteiger charge is 2.33. The van der Waals surface area contributed by atoms with Crippen molar-refractivity contribution in [2.75, 3.05) is 17.3 Å². The van der Waals surface area contributed by atoms with Crippen molar-refractivity contribution >= 4 is 23.4 Å². The lowest BCUT2D eigenvalue weighted by molar-refractivity contribution is -0.115. The first-order chi connectivity index (χ1) is 10.3. The molecule has 1 aromatic carbocycles. The summed E-state index contributed by atoms with van der Waals surface area (Å²) in [7, 11) is 0. The average Bonchev–Trinajstić information content (AvgIpc) is 2.91. The molecule has 5 heteroatoms. The number of rotatable bonds is 4. The topological polar surface area (TPSA) is 42.4 Å². The quantitative estimate of drug-likeness (QED) is 0.869. The monoisotopic (exact) mass is 300 g/mol. The molecule has 2 aromatic rings. The van der Waals surface area contributed by atoms with Crippen molar-refractivity contribution in [1.29, 1.82) is 0 Å². The number of ether oxygens (including phenoxy) is 1. The van der Waals surface area contributed by atoms with Gasteiger partial charge in [-0.1, -0.05) is 0 Å². The molecule has 0 aliphatic carbocycles. The van der Waals surface area contributed by atoms with Crippen LogP contribution in [0.5, 0.6) is 5.75 Å². The molecule has 1 aromatic heterocycles. The maximum atomic E-state index is 12.2. The first kappa shape index (κ1) is 13.9.